The highest BCUT2D eigenvalue weighted by molar-refractivity contribution is 5.18. The van der Waals surface area contributed by atoms with Crippen molar-refractivity contribution in [2.45, 2.75) is 45.1 Å². The Morgan fingerprint density at radius 3 is 2.47 bits per heavy atom. The summed E-state index contributed by atoms with van der Waals surface area (Å²) in [7, 11) is 0. The van der Waals surface area contributed by atoms with Gasteiger partial charge in [-0.1, -0.05) is 12.8 Å². The lowest BCUT2D eigenvalue weighted by molar-refractivity contribution is 0.428. The van der Waals surface area contributed by atoms with Crippen LogP contribution in [0, 0.1) is 13.8 Å². The second kappa shape index (κ2) is 3.45. The maximum Gasteiger partial charge on any atom is 0.254 e. The fourth-order valence-corrected chi connectivity index (χ4v) is 2.12. The summed E-state index contributed by atoms with van der Waals surface area (Å²) >= 11 is 0. The highest BCUT2D eigenvalue weighted by Crippen LogP contribution is 2.33. The van der Waals surface area contributed by atoms with E-state index >= 15 is 0 Å². The highest BCUT2D eigenvalue weighted by atomic mass is 16.1. The third-order valence-corrected chi connectivity index (χ3v) is 3.36. The lowest BCUT2D eigenvalue weighted by atomic mass is 9.98. The summed E-state index contributed by atoms with van der Waals surface area (Å²) in [5.41, 5.74) is 7.23. The molecule has 1 heterocycles. The minimum Gasteiger partial charge on any atom is -0.319 e. The molecule has 3 N–H and O–H groups in total. The molecule has 1 saturated carbocycles. The molecule has 1 aromatic heterocycles. The highest BCUT2D eigenvalue weighted by Gasteiger charge is 2.33. The van der Waals surface area contributed by atoms with E-state index in [9.17, 15) is 4.79 Å². The van der Waals surface area contributed by atoms with Gasteiger partial charge in [-0.15, -0.1) is 0 Å². The first kappa shape index (κ1) is 10.4. The Balaban J connectivity index is 2.50. The predicted octanol–water partition coefficient (Wildman–Crippen LogP) is 1.11. The van der Waals surface area contributed by atoms with Crippen molar-refractivity contribution in [2.75, 3.05) is 0 Å². The average molecular weight is 207 g/mol. The van der Waals surface area contributed by atoms with Crippen LogP contribution in [0.2, 0.25) is 0 Å². The van der Waals surface area contributed by atoms with Crippen molar-refractivity contribution in [1.29, 1.82) is 0 Å². The van der Waals surface area contributed by atoms with Crippen LogP contribution < -0.4 is 11.3 Å². The van der Waals surface area contributed by atoms with Crippen LogP contribution in [0.5, 0.6) is 0 Å². The Bertz CT molecular complexity index is 430. The van der Waals surface area contributed by atoms with E-state index in [1.54, 1.807) is 6.92 Å². The molecule has 4 heteroatoms. The molecule has 1 fully saturated rings. The first-order valence-corrected chi connectivity index (χ1v) is 5.40. The Kier molecular flexibility index (Phi) is 2.38. The van der Waals surface area contributed by atoms with Crippen LogP contribution in [-0.2, 0) is 5.54 Å². The second-order valence-electron chi connectivity index (χ2n) is 4.49. The van der Waals surface area contributed by atoms with Gasteiger partial charge in [-0.3, -0.25) is 4.79 Å². The van der Waals surface area contributed by atoms with Crippen LogP contribution in [0.15, 0.2) is 4.79 Å². The number of hydrogen-bond donors (Lipinski definition) is 2. The molecule has 82 valence electrons. The number of nitrogens with two attached hydrogens (primary N) is 1. The van der Waals surface area contributed by atoms with E-state index in [4.69, 9.17) is 5.73 Å². The molecule has 1 aliphatic carbocycles. The molecule has 0 radical (unpaired) electrons. The van der Waals surface area contributed by atoms with Crippen molar-refractivity contribution in [3.8, 4) is 0 Å². The lowest BCUT2D eigenvalue weighted by Gasteiger charge is -2.22. The van der Waals surface area contributed by atoms with Gasteiger partial charge in [0.05, 0.1) is 5.54 Å². The molecule has 0 aliphatic heterocycles. The van der Waals surface area contributed by atoms with Crippen molar-refractivity contribution in [2.24, 2.45) is 5.73 Å². The van der Waals surface area contributed by atoms with Crippen molar-refractivity contribution >= 4 is 0 Å². The third kappa shape index (κ3) is 1.69. The van der Waals surface area contributed by atoms with Gasteiger partial charge in [0.25, 0.3) is 5.56 Å². The zero-order chi connectivity index (χ0) is 11.1. The Hall–Kier alpha value is -1.16. The number of aryl methyl sites for hydroxylation is 1. The summed E-state index contributed by atoms with van der Waals surface area (Å²) in [5.74, 6) is 0.660. The van der Waals surface area contributed by atoms with Gasteiger partial charge in [0.1, 0.15) is 5.82 Å². The summed E-state index contributed by atoms with van der Waals surface area (Å²) in [6, 6.07) is 0. The number of H-pyrrole nitrogens is 1. The van der Waals surface area contributed by atoms with Crippen LogP contribution in [0.1, 0.15) is 42.8 Å². The van der Waals surface area contributed by atoms with Gasteiger partial charge in [-0.25, -0.2) is 4.98 Å². The monoisotopic (exact) mass is 207 g/mol. The van der Waals surface area contributed by atoms with Gasteiger partial charge >= 0.3 is 0 Å². The smallest absolute Gasteiger partial charge is 0.254 e. The fraction of sp³-hybridized carbons (Fsp3) is 0.636. The minimum atomic E-state index is -0.405. The van der Waals surface area contributed by atoms with Gasteiger partial charge in [-0.05, 0) is 26.7 Å². The first-order valence-electron chi connectivity index (χ1n) is 5.40. The largest absolute Gasteiger partial charge is 0.319 e. The summed E-state index contributed by atoms with van der Waals surface area (Å²) in [6.45, 7) is 3.63. The van der Waals surface area contributed by atoms with E-state index in [1.165, 1.54) is 0 Å². The van der Waals surface area contributed by atoms with Crippen molar-refractivity contribution in [1.82, 2.24) is 9.97 Å². The molecule has 4 nitrogen and oxygen atoms in total. The van der Waals surface area contributed by atoms with Crippen LogP contribution >= 0.6 is 0 Å². The van der Waals surface area contributed by atoms with E-state index in [1.807, 2.05) is 6.92 Å². The number of hydrogen-bond acceptors (Lipinski definition) is 3. The molecule has 0 aromatic carbocycles. The van der Waals surface area contributed by atoms with Gasteiger partial charge in [0, 0.05) is 11.3 Å². The number of nitrogens with one attached hydrogen (secondary N) is 1. The standard InChI is InChI=1S/C11H17N3O/c1-7-8(2)13-10(14-9(7)15)11(12)5-3-4-6-11/h3-6,12H2,1-2H3,(H,13,14,15). The topological polar surface area (TPSA) is 71.8 Å². The maximum absolute atomic E-state index is 11.6. The molecule has 0 unspecified atom stereocenters. The molecule has 0 bridgehead atoms. The molecular weight excluding hydrogens is 190 g/mol. The van der Waals surface area contributed by atoms with Gasteiger partial charge in [0.15, 0.2) is 0 Å². The van der Waals surface area contributed by atoms with Gasteiger partial charge in [0.2, 0.25) is 0 Å². The van der Waals surface area contributed by atoms with Crippen LogP contribution in [0.25, 0.3) is 0 Å². The fourth-order valence-electron chi connectivity index (χ4n) is 2.12. The van der Waals surface area contributed by atoms with Crippen LogP contribution in [-0.4, -0.2) is 9.97 Å². The van der Waals surface area contributed by atoms with E-state index in [2.05, 4.69) is 9.97 Å². The summed E-state index contributed by atoms with van der Waals surface area (Å²) in [6.07, 6.45) is 4.07. The second-order valence-corrected chi connectivity index (χ2v) is 4.49. The number of aromatic nitrogens is 2. The van der Waals surface area contributed by atoms with E-state index < -0.39 is 5.54 Å². The van der Waals surface area contributed by atoms with Crippen LogP contribution in [0.4, 0.5) is 0 Å². The zero-order valence-corrected chi connectivity index (χ0v) is 9.26. The summed E-state index contributed by atoms with van der Waals surface area (Å²) in [5, 5.41) is 0. The molecule has 0 saturated heterocycles. The van der Waals surface area contributed by atoms with Crippen molar-refractivity contribution in [3.05, 3.63) is 27.4 Å². The quantitative estimate of drug-likeness (QED) is 0.724. The lowest BCUT2D eigenvalue weighted by Crippen LogP contribution is -2.37. The van der Waals surface area contributed by atoms with Crippen LogP contribution in [0.3, 0.4) is 0 Å². The number of aromatic amines is 1. The average Bonchev–Trinajstić information content (AvgIpc) is 2.62. The third-order valence-electron chi connectivity index (χ3n) is 3.36. The van der Waals surface area contributed by atoms with E-state index in [0.717, 1.165) is 31.4 Å². The molecular formula is C11H17N3O. The number of nitrogens with zero attached hydrogens (tertiary/aromatic N) is 1. The molecule has 1 aromatic rings. The molecule has 0 spiro atoms. The normalized spacial score (nSPS) is 19.4. The molecule has 15 heavy (non-hydrogen) atoms. The molecule has 0 amide bonds. The predicted molar refractivity (Wildman–Crippen MR) is 58.7 cm³/mol. The zero-order valence-electron chi connectivity index (χ0n) is 9.26. The van der Waals surface area contributed by atoms with Crippen molar-refractivity contribution in [3.63, 3.8) is 0 Å². The minimum absolute atomic E-state index is 0.0609. The maximum atomic E-state index is 11.6. The first-order chi connectivity index (χ1) is 7.03. The SMILES string of the molecule is Cc1nc(C2(N)CCCC2)[nH]c(=O)c1C. The van der Waals surface area contributed by atoms with Gasteiger partial charge in [-0.2, -0.15) is 0 Å². The molecule has 0 atom stereocenters. The van der Waals surface area contributed by atoms with Crippen molar-refractivity contribution < 1.29 is 0 Å². The van der Waals surface area contributed by atoms with E-state index in [0.29, 0.717) is 11.4 Å². The Morgan fingerprint density at radius 2 is 1.93 bits per heavy atom. The summed E-state index contributed by atoms with van der Waals surface area (Å²) < 4.78 is 0. The molecule has 1 aliphatic rings. The molecule has 2 rings (SSSR count). The Morgan fingerprint density at radius 1 is 1.33 bits per heavy atom. The van der Waals surface area contributed by atoms with E-state index in [-0.39, 0.29) is 5.56 Å². The van der Waals surface area contributed by atoms with Gasteiger partial charge < -0.3 is 10.7 Å². The Labute approximate surface area is 88.9 Å². The number of rotatable bonds is 1. The summed E-state index contributed by atoms with van der Waals surface area (Å²) in [4.78, 5) is 18.8.